The van der Waals surface area contributed by atoms with Crippen LogP contribution in [0.25, 0.3) is 43.6 Å². The number of alkyl halides is 3. The predicted molar refractivity (Wildman–Crippen MR) is 554 cm³/mol. The third-order valence-corrected chi connectivity index (χ3v) is 28.2. The minimum absolute atomic E-state index is 0.0199. The molecule has 5 N–H and O–H groups in total. The first-order chi connectivity index (χ1) is 70.9. The smallest absolute Gasteiger partial charge is 0.490 e. The molecule has 16 aromatic rings. The molecule has 10 heterocycles. The van der Waals surface area contributed by atoms with Gasteiger partial charge in [-0.2, -0.15) is 13.2 Å². The Morgan fingerprint density at radius 1 is 0.435 bits per heavy atom. The van der Waals surface area contributed by atoms with Crippen LogP contribution < -0.4 is 29.0 Å². The van der Waals surface area contributed by atoms with Gasteiger partial charge in [0.15, 0.2) is 6.10 Å². The van der Waals surface area contributed by atoms with E-state index in [0.717, 1.165) is 140 Å². The van der Waals surface area contributed by atoms with E-state index in [9.17, 15) is 56.4 Å². The number of aromatic nitrogens is 4. The normalized spacial score (nSPS) is 16.8. The molecule has 27 nitrogen and oxygen atoms in total. The lowest BCUT2D eigenvalue weighted by Crippen LogP contribution is -2.42. The summed E-state index contributed by atoms with van der Waals surface area (Å²) in [5, 5.41) is 22.4. The average Bonchev–Trinajstić information content (AvgIpc) is 1.59. The van der Waals surface area contributed by atoms with Crippen molar-refractivity contribution < 1.29 is 89.1 Å². The van der Waals surface area contributed by atoms with Crippen LogP contribution in [0.2, 0.25) is 30.1 Å². The highest BCUT2D eigenvalue weighted by molar-refractivity contribution is 9.10. The van der Waals surface area contributed by atoms with Crippen LogP contribution in [0.15, 0.2) is 271 Å². The zero-order chi connectivity index (χ0) is 103. The second-order valence-corrected chi connectivity index (χ2v) is 38.9. The van der Waals surface area contributed by atoms with Crippen LogP contribution in [0.3, 0.4) is 0 Å². The number of halogens is 11. The summed E-state index contributed by atoms with van der Waals surface area (Å²) in [7, 11) is 0. The van der Waals surface area contributed by atoms with Gasteiger partial charge in [0.1, 0.15) is 71.9 Å². The second kappa shape index (κ2) is 44.0. The van der Waals surface area contributed by atoms with Crippen LogP contribution in [0.1, 0.15) is 117 Å². The Labute approximate surface area is 875 Å². The average molecular weight is 2180 g/mol. The molecular formula is C109H88BrCl6F4N11O16. The lowest BCUT2D eigenvalue weighted by molar-refractivity contribution is -0.384. The van der Waals surface area contributed by atoms with E-state index in [1.807, 2.05) is 110 Å². The van der Waals surface area contributed by atoms with Crippen LogP contribution in [0, 0.1) is 15.9 Å². The SMILES string of the molecule is CCOC(=O)N1CCC(Nc2ccc(C3c4[nH]c5ccc(Cl)cc5c4CCN3C(=O)Oc3ccc(Cl)cc3)cc2)CC1.O=C(Oc1ccc(Cl)cc1)N1CCc2c([nH]c3ccc(Cl)cc23)C1c1ccc([N+](=O)[O-])cc1.O=C(Oc1ccc(F)cc1)N1CCc2c([nH]c3ccc(Br)cc23)C1c1ccc(C(F)(F)F)cc1.O=C1OCC(COc2ccc(C3c4[nH]c5ccc(Cl)cc5c4CCN3C(=O)Oc3ccc(Cl)cc3)cc2)O1. The molecule has 6 aliphatic rings. The number of carbonyl (C=O) groups excluding carboxylic acids is 6. The van der Waals surface area contributed by atoms with Crippen LogP contribution >= 0.6 is 85.5 Å². The number of rotatable bonds is 15. The minimum Gasteiger partial charge on any atom is -0.490 e. The van der Waals surface area contributed by atoms with E-state index in [0.29, 0.717) is 124 Å². The lowest BCUT2D eigenvalue weighted by Gasteiger charge is -2.35. The maximum absolute atomic E-state index is 13.5. The van der Waals surface area contributed by atoms with Crippen LogP contribution in [-0.2, 0) is 46.1 Å². The number of nitro benzene ring substituents is 1. The van der Waals surface area contributed by atoms with Gasteiger partial charge in [0, 0.05) is 164 Å². The van der Waals surface area contributed by atoms with Crippen LogP contribution in [0.5, 0.6) is 28.7 Å². The molecular weight excluding hydrogens is 2090 g/mol. The monoisotopic (exact) mass is 2170 g/mol. The molecule has 0 saturated carbocycles. The van der Waals surface area contributed by atoms with Gasteiger partial charge in [-0.15, -0.1) is 0 Å². The number of cyclic esters (lactones) is 2. The third kappa shape index (κ3) is 22.8. The first-order valence-corrected chi connectivity index (χ1v) is 49.9. The lowest BCUT2D eigenvalue weighted by atomic mass is 9.92. The Balaban J connectivity index is 0.000000124. The fourth-order valence-electron chi connectivity index (χ4n) is 19.3. The Kier molecular flexibility index (Phi) is 30.2. The van der Waals surface area contributed by atoms with Crippen molar-refractivity contribution >= 4 is 177 Å². The number of H-pyrrole nitrogens is 4. The maximum Gasteiger partial charge on any atom is 0.508 e. The van der Waals surface area contributed by atoms with E-state index < -0.39 is 77.2 Å². The van der Waals surface area contributed by atoms with Gasteiger partial charge in [0.25, 0.3) is 5.69 Å². The van der Waals surface area contributed by atoms with Crippen molar-refractivity contribution in [2.24, 2.45) is 0 Å². The fourth-order valence-corrected chi connectivity index (χ4v) is 20.6. The number of hydrogen-bond acceptors (Lipinski definition) is 17. The van der Waals surface area contributed by atoms with Gasteiger partial charge in [-0.3, -0.25) is 29.7 Å². The van der Waals surface area contributed by atoms with Crippen molar-refractivity contribution in [1.82, 2.24) is 44.4 Å². The zero-order valence-electron chi connectivity index (χ0n) is 77.8. The summed E-state index contributed by atoms with van der Waals surface area (Å²) in [5.41, 5.74) is 14.7. The topological polar surface area (TPSA) is 311 Å². The second-order valence-electron chi connectivity index (χ2n) is 35.4. The van der Waals surface area contributed by atoms with E-state index in [4.69, 9.17) is 108 Å². The molecule has 147 heavy (non-hydrogen) atoms. The van der Waals surface area contributed by atoms with Gasteiger partial charge in [-0.1, -0.05) is 122 Å². The van der Waals surface area contributed by atoms with Crippen LogP contribution in [0.4, 0.5) is 57.7 Å². The number of non-ortho nitro benzene ring substituents is 1. The largest absolute Gasteiger partial charge is 0.508 e. The summed E-state index contributed by atoms with van der Waals surface area (Å²) < 4.78 is 96.8. The number of piperidine rings is 1. The summed E-state index contributed by atoms with van der Waals surface area (Å²) in [5.74, 6) is 1.53. The number of nitrogens with zero attached hydrogens (tertiary/aromatic N) is 6. The van der Waals surface area contributed by atoms with E-state index in [1.54, 1.807) is 111 Å². The molecule has 0 bridgehead atoms. The molecule has 752 valence electrons. The van der Waals surface area contributed by atoms with E-state index in [-0.39, 0.29) is 49.4 Å². The van der Waals surface area contributed by atoms with Gasteiger partial charge >= 0.3 is 42.8 Å². The molecule has 5 amide bonds. The number of likely N-dealkylation sites (tertiary alicyclic amines) is 1. The number of anilines is 1. The van der Waals surface area contributed by atoms with Crippen molar-refractivity contribution in [3.05, 3.63) is 390 Å². The quantitative estimate of drug-likeness (QED) is 0.0276. The van der Waals surface area contributed by atoms with Crippen molar-refractivity contribution in [1.29, 1.82) is 0 Å². The summed E-state index contributed by atoms with van der Waals surface area (Å²) in [6.45, 7) is 5.50. The number of ether oxygens (including phenoxy) is 8. The Morgan fingerprint density at radius 2 is 0.769 bits per heavy atom. The first kappa shape index (κ1) is 101. The van der Waals surface area contributed by atoms with Crippen LogP contribution in [-0.4, -0.2) is 157 Å². The molecule has 0 aliphatic carbocycles. The summed E-state index contributed by atoms with van der Waals surface area (Å²) >= 11 is 40.3. The van der Waals surface area contributed by atoms with Gasteiger partial charge in [-0.05, 0) is 308 Å². The molecule has 5 unspecified atom stereocenters. The highest BCUT2D eigenvalue weighted by Gasteiger charge is 2.43. The van der Waals surface area contributed by atoms with Gasteiger partial charge in [0.2, 0.25) is 0 Å². The number of fused-ring (bicyclic) bond motifs is 12. The number of benzene rings is 12. The van der Waals surface area contributed by atoms with E-state index in [1.165, 1.54) is 53.4 Å². The van der Waals surface area contributed by atoms with Crippen molar-refractivity contribution in [3.63, 3.8) is 0 Å². The molecule has 2 saturated heterocycles. The van der Waals surface area contributed by atoms with Crippen molar-refractivity contribution in [2.45, 2.75) is 87.9 Å². The van der Waals surface area contributed by atoms with E-state index >= 15 is 0 Å². The molecule has 2 fully saturated rings. The van der Waals surface area contributed by atoms with Crippen molar-refractivity contribution in [3.8, 4) is 28.7 Å². The number of hydrogen-bond donors (Lipinski definition) is 5. The molecule has 0 spiro atoms. The summed E-state index contributed by atoms with van der Waals surface area (Å²) in [6.07, 6.45) is -3.81. The molecule has 12 aromatic carbocycles. The Bertz CT molecular complexity index is 7620. The number of nitrogens with one attached hydrogen (secondary N) is 5. The van der Waals surface area contributed by atoms with Gasteiger partial charge in [-0.25, -0.2) is 33.2 Å². The molecule has 0 radical (unpaired) electrons. The predicted octanol–water partition coefficient (Wildman–Crippen LogP) is 28.0. The number of nitro groups is 1. The number of aromatic amines is 4. The Hall–Kier alpha value is -14.6. The highest BCUT2D eigenvalue weighted by Crippen LogP contribution is 2.47. The minimum atomic E-state index is -4.47. The molecule has 6 aliphatic heterocycles. The molecule has 38 heteroatoms. The highest BCUT2D eigenvalue weighted by atomic mass is 79.9. The number of carbonyl (C=O) groups is 6. The standard InChI is InChI=1S/C32H32Cl2N4O4.C28H22Cl2N2O6.C25H17BrF4N2O2.C24H17Cl2N3O4/c1-2-41-31(39)37-16-13-24(14-17-37)35-23-8-3-20(4-9-23)30-29-26(27-19-22(34)7-12-28(27)36-29)15-18-38(30)32(40)42-25-10-5-21(33)6-11-25;29-17-3-8-20(9-4-17)37-27(33)32-12-11-22-23-13-18(30)5-10-24(23)31-25(22)26(32)16-1-6-19(7-2-16)35-14-21-15-36-28(34)38-21;26-16-5-10-21-20(13-16)19-11-12-32(24(33)34-18-8-6-17(27)7-9-18)23(22(19)31-21)14-1-3-15(4-2-14)25(28,29)30;25-15-3-8-18(9-4-15)33-24(30)28-12-11-19-20-13-16(26)5-10-21(20)27-22(19)23(28)14-1-6-17(7-2-14)29(31)32/h3-12,19,24,30,35-36H,2,13-18H2,1H3;1-10,13,21,26,31H,11-12,14-15H2;1-10,13,23,31H,11-12H2;1-10,13,23,27H,11-12H2. The fraction of sp³-hybridized carbons (Fsp3) is 0.211. The van der Waals surface area contributed by atoms with Gasteiger partial charge in [0.05, 0.1) is 17.1 Å². The number of amides is 5. The first-order valence-electron chi connectivity index (χ1n) is 46.9. The molecule has 22 rings (SSSR count). The summed E-state index contributed by atoms with van der Waals surface area (Å²) in [4.78, 5) is 109. The van der Waals surface area contributed by atoms with Gasteiger partial charge < -0.3 is 68.0 Å². The summed E-state index contributed by atoms with van der Waals surface area (Å²) in [6, 6.07) is 72.8. The third-order valence-electron chi connectivity index (χ3n) is 26.2. The van der Waals surface area contributed by atoms with Crippen molar-refractivity contribution in [2.75, 3.05) is 64.4 Å². The molecule has 4 aromatic heterocycles. The van der Waals surface area contributed by atoms with E-state index in [2.05, 4.69) is 53.3 Å². The maximum atomic E-state index is 13.5. The zero-order valence-corrected chi connectivity index (χ0v) is 84.0. The molecule has 5 atom stereocenters. The Morgan fingerprint density at radius 3 is 1.12 bits per heavy atom.